The number of aromatic amines is 1. The molecule has 0 spiro atoms. The van der Waals surface area contributed by atoms with E-state index in [0.717, 1.165) is 42.9 Å². The first-order valence-corrected chi connectivity index (χ1v) is 10.6. The molecule has 1 unspecified atom stereocenters. The molecule has 8 heteroatoms. The Hall–Kier alpha value is -3.13. The van der Waals surface area contributed by atoms with Crippen LogP contribution in [0.25, 0.3) is 0 Å². The van der Waals surface area contributed by atoms with Gasteiger partial charge in [-0.3, -0.25) is 14.9 Å². The van der Waals surface area contributed by atoms with E-state index in [1.807, 2.05) is 30.3 Å². The number of amides is 1. The zero-order chi connectivity index (χ0) is 21.6. The van der Waals surface area contributed by atoms with E-state index < -0.39 is 0 Å². The van der Waals surface area contributed by atoms with Gasteiger partial charge in [-0.1, -0.05) is 18.2 Å². The third-order valence-electron chi connectivity index (χ3n) is 5.59. The number of carbonyl (C=O) groups excluding carboxylic acids is 1. The van der Waals surface area contributed by atoms with Gasteiger partial charge in [0.25, 0.3) is 0 Å². The van der Waals surface area contributed by atoms with Crippen LogP contribution in [0.15, 0.2) is 48.8 Å². The van der Waals surface area contributed by atoms with Crippen LogP contribution >= 0.6 is 0 Å². The highest BCUT2D eigenvalue weighted by Crippen LogP contribution is 2.30. The highest BCUT2D eigenvalue weighted by molar-refractivity contribution is 5.77. The average Bonchev–Trinajstić information content (AvgIpc) is 3.44. The number of nitrogens with one attached hydrogen (secondary N) is 1. The molecule has 0 bridgehead atoms. The van der Waals surface area contributed by atoms with Crippen LogP contribution in [0.4, 0.5) is 4.39 Å². The Morgan fingerprint density at radius 2 is 2.10 bits per heavy atom. The highest BCUT2D eigenvalue weighted by Gasteiger charge is 2.32. The van der Waals surface area contributed by atoms with E-state index >= 15 is 0 Å². The number of likely N-dealkylation sites (tertiary alicyclic amines) is 1. The summed E-state index contributed by atoms with van der Waals surface area (Å²) in [6, 6.07) is 10.2. The van der Waals surface area contributed by atoms with Gasteiger partial charge in [0.2, 0.25) is 5.91 Å². The summed E-state index contributed by atoms with van der Waals surface area (Å²) in [5.74, 6) is 1.25. The van der Waals surface area contributed by atoms with Gasteiger partial charge in [-0.2, -0.15) is 5.10 Å². The molecule has 1 atom stereocenters. The van der Waals surface area contributed by atoms with Gasteiger partial charge < -0.3 is 9.80 Å². The van der Waals surface area contributed by atoms with Crippen molar-refractivity contribution in [2.45, 2.75) is 38.3 Å². The summed E-state index contributed by atoms with van der Waals surface area (Å²) in [5, 5.41) is 7.35. The van der Waals surface area contributed by atoms with E-state index in [2.05, 4.69) is 25.1 Å². The summed E-state index contributed by atoms with van der Waals surface area (Å²) < 4.78 is 13.1. The van der Waals surface area contributed by atoms with Crippen molar-refractivity contribution in [2.24, 2.45) is 0 Å². The van der Waals surface area contributed by atoms with Crippen LogP contribution in [0.3, 0.4) is 0 Å². The Morgan fingerprint density at radius 3 is 2.87 bits per heavy atom. The molecule has 0 saturated carbocycles. The lowest BCUT2D eigenvalue weighted by atomic mass is 10.1. The summed E-state index contributed by atoms with van der Waals surface area (Å²) in [4.78, 5) is 25.7. The Labute approximate surface area is 181 Å². The molecule has 162 valence electrons. The molecular formula is C23H27FN6O. The molecule has 0 radical (unpaired) electrons. The Kier molecular flexibility index (Phi) is 6.66. The molecule has 4 rings (SSSR count). The number of aromatic nitrogens is 4. The molecule has 1 aliphatic heterocycles. The molecule has 31 heavy (non-hydrogen) atoms. The number of hydrogen-bond acceptors (Lipinski definition) is 5. The van der Waals surface area contributed by atoms with Crippen LogP contribution in [0.5, 0.6) is 0 Å². The van der Waals surface area contributed by atoms with Crippen molar-refractivity contribution in [3.05, 3.63) is 77.4 Å². The van der Waals surface area contributed by atoms with Crippen molar-refractivity contribution >= 4 is 5.91 Å². The first kappa shape index (κ1) is 21.1. The molecular weight excluding hydrogens is 395 g/mol. The number of pyridine rings is 1. The van der Waals surface area contributed by atoms with Gasteiger partial charge in [0.15, 0.2) is 5.82 Å². The third kappa shape index (κ3) is 5.52. The van der Waals surface area contributed by atoms with Gasteiger partial charge in [0, 0.05) is 44.9 Å². The molecule has 1 saturated heterocycles. The fraction of sp³-hybridized carbons (Fsp3) is 0.391. The zero-order valence-corrected chi connectivity index (χ0v) is 17.7. The maximum Gasteiger partial charge on any atom is 0.224 e. The molecule has 7 nitrogen and oxygen atoms in total. The lowest BCUT2D eigenvalue weighted by Gasteiger charge is -2.24. The fourth-order valence-electron chi connectivity index (χ4n) is 3.98. The minimum Gasteiger partial charge on any atom is -0.332 e. The van der Waals surface area contributed by atoms with Crippen molar-refractivity contribution in [1.82, 2.24) is 30.0 Å². The maximum atomic E-state index is 13.1. The summed E-state index contributed by atoms with van der Waals surface area (Å²) in [6.07, 6.45) is 6.43. The van der Waals surface area contributed by atoms with Crippen LogP contribution in [0.2, 0.25) is 0 Å². The second-order valence-corrected chi connectivity index (χ2v) is 8.04. The average molecular weight is 423 g/mol. The molecule has 3 heterocycles. The Bertz CT molecular complexity index is 991. The van der Waals surface area contributed by atoms with E-state index in [-0.39, 0.29) is 17.8 Å². The summed E-state index contributed by atoms with van der Waals surface area (Å²) in [6.45, 7) is 2.18. The number of H-pyrrole nitrogens is 1. The Balaban J connectivity index is 1.32. The Morgan fingerprint density at radius 1 is 1.26 bits per heavy atom. The van der Waals surface area contributed by atoms with Gasteiger partial charge in [-0.25, -0.2) is 9.37 Å². The van der Waals surface area contributed by atoms with Gasteiger partial charge in [-0.05, 0) is 49.2 Å². The fourth-order valence-corrected chi connectivity index (χ4v) is 3.98. The molecule has 3 aromatic rings. The monoisotopic (exact) mass is 422 g/mol. The van der Waals surface area contributed by atoms with Crippen molar-refractivity contribution < 1.29 is 9.18 Å². The van der Waals surface area contributed by atoms with Gasteiger partial charge >= 0.3 is 0 Å². The number of hydrogen-bond donors (Lipinski definition) is 1. The van der Waals surface area contributed by atoms with E-state index in [1.54, 1.807) is 18.3 Å². The van der Waals surface area contributed by atoms with E-state index in [4.69, 9.17) is 0 Å². The zero-order valence-electron chi connectivity index (χ0n) is 17.7. The van der Waals surface area contributed by atoms with Gasteiger partial charge in [0.1, 0.15) is 11.6 Å². The number of halogens is 1. The normalized spacial score (nSPS) is 16.2. The van der Waals surface area contributed by atoms with E-state index in [9.17, 15) is 9.18 Å². The largest absolute Gasteiger partial charge is 0.332 e. The quantitative estimate of drug-likeness (QED) is 0.604. The lowest BCUT2D eigenvalue weighted by Crippen LogP contribution is -2.33. The second kappa shape index (κ2) is 9.78. The van der Waals surface area contributed by atoms with Crippen molar-refractivity contribution in [3.8, 4) is 0 Å². The number of rotatable bonds is 8. The van der Waals surface area contributed by atoms with Crippen molar-refractivity contribution in [2.75, 3.05) is 20.1 Å². The smallest absolute Gasteiger partial charge is 0.224 e. The first-order valence-electron chi connectivity index (χ1n) is 10.6. The number of benzene rings is 1. The summed E-state index contributed by atoms with van der Waals surface area (Å²) >= 11 is 0. The topological polar surface area (TPSA) is 78.0 Å². The SMILES string of the molecule is CN(CCC(=O)N1CCCC1c1n[nH]c(Cc2ccc(F)cc2)n1)Cc1cccnc1. The molecule has 1 aromatic carbocycles. The van der Waals surface area contributed by atoms with Crippen molar-refractivity contribution in [1.29, 1.82) is 0 Å². The van der Waals surface area contributed by atoms with Crippen LogP contribution in [-0.2, 0) is 17.8 Å². The molecule has 2 aromatic heterocycles. The van der Waals surface area contributed by atoms with E-state index in [1.165, 1.54) is 12.1 Å². The van der Waals surface area contributed by atoms with Gasteiger partial charge in [-0.15, -0.1) is 0 Å². The highest BCUT2D eigenvalue weighted by atomic mass is 19.1. The minimum absolute atomic E-state index is 0.0886. The lowest BCUT2D eigenvalue weighted by molar-refractivity contribution is -0.132. The molecule has 1 aliphatic rings. The van der Waals surface area contributed by atoms with Gasteiger partial charge in [0.05, 0.1) is 6.04 Å². The molecule has 0 aliphatic carbocycles. The van der Waals surface area contributed by atoms with Crippen LogP contribution in [0.1, 0.15) is 48.1 Å². The standard InChI is InChI=1S/C23H27FN6O/c1-29(16-18-4-2-11-25-15-18)13-10-22(31)30-12-3-5-20(30)23-26-21(27-28-23)14-17-6-8-19(24)9-7-17/h2,4,6-9,11,15,20H,3,5,10,12-14,16H2,1H3,(H,26,27,28). The van der Waals surface area contributed by atoms with Crippen LogP contribution < -0.4 is 0 Å². The predicted molar refractivity (Wildman–Crippen MR) is 114 cm³/mol. The molecule has 1 fully saturated rings. The third-order valence-corrected chi connectivity index (χ3v) is 5.59. The minimum atomic E-state index is -0.256. The summed E-state index contributed by atoms with van der Waals surface area (Å²) in [5.41, 5.74) is 2.09. The van der Waals surface area contributed by atoms with Crippen molar-refractivity contribution in [3.63, 3.8) is 0 Å². The molecule has 1 amide bonds. The number of carbonyl (C=O) groups is 1. The summed E-state index contributed by atoms with van der Waals surface area (Å²) in [7, 11) is 2.01. The number of nitrogens with zero attached hydrogens (tertiary/aromatic N) is 5. The van der Waals surface area contributed by atoms with E-state index in [0.29, 0.717) is 25.2 Å². The molecule has 1 N–H and O–H groups in total. The first-order chi connectivity index (χ1) is 15.1. The second-order valence-electron chi connectivity index (χ2n) is 8.04. The van der Waals surface area contributed by atoms with Crippen LogP contribution in [-0.4, -0.2) is 56.0 Å². The predicted octanol–water partition coefficient (Wildman–Crippen LogP) is 3.12. The maximum absolute atomic E-state index is 13.1. The van der Waals surface area contributed by atoms with Crippen LogP contribution in [0, 0.1) is 5.82 Å².